The zero-order chi connectivity index (χ0) is 15.0. The van der Waals surface area contributed by atoms with E-state index in [0.29, 0.717) is 24.4 Å². The van der Waals surface area contributed by atoms with Gasteiger partial charge in [-0.15, -0.1) is 11.6 Å². The van der Waals surface area contributed by atoms with Gasteiger partial charge in [0.05, 0.1) is 6.54 Å². The number of hydrogen-bond donors (Lipinski definition) is 1. The molecule has 0 atom stereocenters. The number of rotatable bonds is 7. The van der Waals surface area contributed by atoms with Gasteiger partial charge < -0.3 is 10.2 Å². The maximum atomic E-state index is 12.7. The molecular weight excluding hydrogens is 283 g/mol. The molecule has 1 aromatic carbocycles. The third kappa shape index (κ3) is 6.02. The minimum atomic E-state index is -0.366. The molecule has 6 heteroatoms. The number of hydrogen-bond acceptors (Lipinski definition) is 2. The largest absolute Gasteiger partial charge is 0.336 e. The van der Waals surface area contributed by atoms with Crippen molar-refractivity contribution in [1.29, 1.82) is 0 Å². The predicted octanol–water partition coefficient (Wildman–Crippen LogP) is 2.63. The Bertz CT molecular complexity index is 451. The molecule has 0 aromatic heterocycles. The molecule has 110 valence electrons. The van der Waals surface area contributed by atoms with Crippen molar-refractivity contribution in [1.82, 2.24) is 4.90 Å². The number of benzene rings is 1. The molecule has 0 unspecified atom stereocenters. The Morgan fingerprint density at radius 3 is 2.50 bits per heavy atom. The number of carbonyl (C=O) groups is 2. The highest BCUT2D eigenvalue weighted by Gasteiger charge is 2.12. The monoisotopic (exact) mass is 300 g/mol. The average Bonchev–Trinajstić information content (AvgIpc) is 2.41. The zero-order valence-corrected chi connectivity index (χ0v) is 12.1. The van der Waals surface area contributed by atoms with Crippen LogP contribution in [-0.2, 0) is 9.59 Å². The molecule has 1 N–H and O–H groups in total. The molecule has 1 rings (SSSR count). The highest BCUT2D eigenvalue weighted by molar-refractivity contribution is 6.17. The molecule has 0 bridgehead atoms. The van der Waals surface area contributed by atoms with Gasteiger partial charge in [-0.1, -0.05) is 0 Å². The molecule has 0 aliphatic carbocycles. The molecule has 4 nitrogen and oxygen atoms in total. The van der Waals surface area contributed by atoms with Crippen LogP contribution >= 0.6 is 11.6 Å². The van der Waals surface area contributed by atoms with Crippen LogP contribution in [0.25, 0.3) is 0 Å². The number of halogens is 2. The first kappa shape index (κ1) is 16.4. The summed E-state index contributed by atoms with van der Waals surface area (Å²) in [5.74, 6) is -0.244. The Labute approximate surface area is 122 Å². The second-order valence-corrected chi connectivity index (χ2v) is 4.83. The smallest absolute Gasteiger partial charge is 0.243 e. The molecule has 0 fully saturated rings. The topological polar surface area (TPSA) is 49.4 Å². The third-order valence-electron chi connectivity index (χ3n) is 2.71. The van der Waals surface area contributed by atoms with E-state index in [2.05, 4.69) is 5.32 Å². The van der Waals surface area contributed by atoms with Crippen LogP contribution in [0, 0.1) is 5.82 Å². The molecule has 0 saturated heterocycles. The summed E-state index contributed by atoms with van der Waals surface area (Å²) in [6.07, 6.45) is 1.88. The Hall–Kier alpha value is -1.62. The molecule has 0 heterocycles. The summed E-state index contributed by atoms with van der Waals surface area (Å²) in [4.78, 5) is 24.8. The Kier molecular flexibility index (Phi) is 7.01. The number of amides is 2. The van der Waals surface area contributed by atoms with Gasteiger partial charge in [0, 0.05) is 25.0 Å². The number of nitrogens with zero attached hydrogens (tertiary/aromatic N) is 1. The van der Waals surface area contributed by atoms with Gasteiger partial charge in [-0.2, -0.15) is 0 Å². The lowest BCUT2D eigenvalue weighted by atomic mass is 10.2. The maximum Gasteiger partial charge on any atom is 0.243 e. The fourth-order valence-electron chi connectivity index (χ4n) is 1.60. The second kappa shape index (κ2) is 8.53. The molecule has 0 aliphatic rings. The third-order valence-corrected chi connectivity index (χ3v) is 2.98. The van der Waals surface area contributed by atoms with E-state index in [1.54, 1.807) is 7.05 Å². The van der Waals surface area contributed by atoms with E-state index >= 15 is 0 Å². The van der Waals surface area contributed by atoms with E-state index < -0.39 is 0 Å². The van der Waals surface area contributed by atoms with E-state index in [1.165, 1.54) is 29.2 Å². The standard InChI is InChI=1S/C14H18ClFN2O2/c1-18(14(20)4-2-3-9-15)10-13(19)17-12-7-5-11(16)6-8-12/h5-8H,2-4,9-10H2,1H3,(H,17,19). The molecule has 20 heavy (non-hydrogen) atoms. The lowest BCUT2D eigenvalue weighted by Gasteiger charge is -2.16. The summed E-state index contributed by atoms with van der Waals surface area (Å²) in [6.45, 7) is -0.0307. The van der Waals surface area contributed by atoms with Crippen molar-refractivity contribution in [2.75, 3.05) is 24.8 Å². The van der Waals surface area contributed by atoms with Gasteiger partial charge in [0.25, 0.3) is 0 Å². The van der Waals surface area contributed by atoms with Gasteiger partial charge in [-0.3, -0.25) is 9.59 Å². The molecule has 0 spiro atoms. The lowest BCUT2D eigenvalue weighted by Crippen LogP contribution is -2.34. The van der Waals surface area contributed by atoms with Crippen molar-refractivity contribution in [2.24, 2.45) is 0 Å². The molecule has 0 saturated carbocycles. The number of alkyl halides is 1. The van der Waals surface area contributed by atoms with Crippen LogP contribution in [0.3, 0.4) is 0 Å². The van der Waals surface area contributed by atoms with Gasteiger partial charge in [-0.05, 0) is 37.1 Å². The van der Waals surface area contributed by atoms with E-state index in [-0.39, 0.29) is 24.2 Å². The normalized spacial score (nSPS) is 10.2. The van der Waals surface area contributed by atoms with Crippen LogP contribution in [-0.4, -0.2) is 36.2 Å². The maximum absolute atomic E-state index is 12.7. The first-order chi connectivity index (χ1) is 9.52. The minimum absolute atomic E-state index is 0.0307. The van der Waals surface area contributed by atoms with Crippen LogP contribution in [0.5, 0.6) is 0 Å². The van der Waals surface area contributed by atoms with Crippen molar-refractivity contribution in [3.05, 3.63) is 30.1 Å². The molecule has 0 radical (unpaired) electrons. The summed E-state index contributed by atoms with van der Waals surface area (Å²) in [5, 5.41) is 2.60. The SMILES string of the molecule is CN(CC(=O)Nc1ccc(F)cc1)C(=O)CCCCCl. The van der Waals surface area contributed by atoms with E-state index in [4.69, 9.17) is 11.6 Å². The molecule has 2 amide bonds. The first-order valence-electron chi connectivity index (χ1n) is 6.38. The number of carbonyl (C=O) groups excluding carboxylic acids is 2. The Morgan fingerprint density at radius 2 is 1.90 bits per heavy atom. The second-order valence-electron chi connectivity index (χ2n) is 4.45. The van der Waals surface area contributed by atoms with E-state index in [1.807, 2.05) is 0 Å². The van der Waals surface area contributed by atoms with Crippen LogP contribution in [0.4, 0.5) is 10.1 Å². The summed E-state index contributed by atoms with van der Waals surface area (Å²) >= 11 is 5.53. The fourth-order valence-corrected chi connectivity index (χ4v) is 1.79. The Morgan fingerprint density at radius 1 is 1.25 bits per heavy atom. The Balaban J connectivity index is 2.37. The van der Waals surface area contributed by atoms with Gasteiger partial charge in [0.15, 0.2) is 0 Å². The first-order valence-corrected chi connectivity index (χ1v) is 6.91. The van der Waals surface area contributed by atoms with Crippen molar-refractivity contribution >= 4 is 29.1 Å². The number of nitrogens with one attached hydrogen (secondary N) is 1. The molecule has 1 aromatic rings. The van der Waals surface area contributed by atoms with Gasteiger partial charge in [0.2, 0.25) is 11.8 Å². The van der Waals surface area contributed by atoms with Crippen LogP contribution in [0.2, 0.25) is 0 Å². The number of anilines is 1. The highest BCUT2D eigenvalue weighted by atomic mass is 35.5. The minimum Gasteiger partial charge on any atom is -0.336 e. The summed E-state index contributed by atoms with van der Waals surface area (Å²) in [6, 6.07) is 5.46. The molecular formula is C14H18ClFN2O2. The van der Waals surface area contributed by atoms with Crippen molar-refractivity contribution in [3.8, 4) is 0 Å². The summed E-state index contributed by atoms with van der Waals surface area (Å²) < 4.78 is 12.7. The van der Waals surface area contributed by atoms with E-state index in [9.17, 15) is 14.0 Å². The van der Waals surface area contributed by atoms with Crippen molar-refractivity contribution in [2.45, 2.75) is 19.3 Å². The predicted molar refractivity (Wildman–Crippen MR) is 77.2 cm³/mol. The van der Waals surface area contributed by atoms with Crippen LogP contribution in [0.15, 0.2) is 24.3 Å². The van der Waals surface area contributed by atoms with Crippen molar-refractivity contribution < 1.29 is 14.0 Å². The van der Waals surface area contributed by atoms with Crippen LogP contribution < -0.4 is 5.32 Å². The van der Waals surface area contributed by atoms with Gasteiger partial charge in [0.1, 0.15) is 5.82 Å². The lowest BCUT2D eigenvalue weighted by molar-refractivity contribution is -0.133. The van der Waals surface area contributed by atoms with Crippen molar-refractivity contribution in [3.63, 3.8) is 0 Å². The van der Waals surface area contributed by atoms with Gasteiger partial charge >= 0.3 is 0 Å². The summed E-state index contributed by atoms with van der Waals surface area (Å²) in [7, 11) is 1.58. The number of unbranched alkanes of at least 4 members (excludes halogenated alkanes) is 1. The quantitative estimate of drug-likeness (QED) is 0.621. The highest BCUT2D eigenvalue weighted by Crippen LogP contribution is 2.08. The fraction of sp³-hybridized carbons (Fsp3) is 0.429. The van der Waals surface area contributed by atoms with E-state index in [0.717, 1.165) is 6.42 Å². The number of likely N-dealkylation sites (N-methyl/N-ethyl adjacent to an activating group) is 1. The zero-order valence-electron chi connectivity index (χ0n) is 11.4. The van der Waals surface area contributed by atoms with Gasteiger partial charge in [-0.25, -0.2) is 4.39 Å². The van der Waals surface area contributed by atoms with Crippen LogP contribution in [0.1, 0.15) is 19.3 Å². The molecule has 0 aliphatic heterocycles. The average molecular weight is 301 g/mol. The summed E-state index contributed by atoms with van der Waals surface area (Å²) in [5.41, 5.74) is 0.499.